The van der Waals surface area contributed by atoms with Gasteiger partial charge in [0.2, 0.25) is 0 Å². The van der Waals surface area contributed by atoms with Crippen molar-refractivity contribution in [2.75, 3.05) is 34.8 Å². The Morgan fingerprint density at radius 2 is 2.22 bits per heavy atom. The maximum atomic E-state index is 13.2. The lowest BCUT2D eigenvalue weighted by Gasteiger charge is -2.36. The third kappa shape index (κ3) is 2.05. The summed E-state index contributed by atoms with van der Waals surface area (Å²) >= 11 is 0. The molecule has 0 aromatic heterocycles. The van der Waals surface area contributed by atoms with Crippen molar-refractivity contribution in [2.24, 2.45) is 0 Å². The fourth-order valence-electron chi connectivity index (χ4n) is 2.73. The van der Waals surface area contributed by atoms with E-state index in [1.54, 1.807) is 6.07 Å². The molecule has 2 aliphatic heterocycles. The molecule has 18 heavy (non-hydrogen) atoms. The number of hydrogen-bond acceptors (Lipinski definition) is 4. The Morgan fingerprint density at radius 3 is 2.94 bits per heavy atom. The van der Waals surface area contributed by atoms with Crippen molar-refractivity contribution in [2.45, 2.75) is 12.5 Å². The highest BCUT2D eigenvalue weighted by atomic mass is 32.2. The zero-order valence-electron chi connectivity index (χ0n) is 9.89. The van der Waals surface area contributed by atoms with Crippen LogP contribution in [0.25, 0.3) is 0 Å². The molecule has 2 heterocycles. The predicted molar refractivity (Wildman–Crippen MR) is 69.3 cm³/mol. The third-order valence-corrected chi connectivity index (χ3v) is 5.34. The van der Waals surface area contributed by atoms with Crippen LogP contribution in [0, 0.1) is 5.82 Å². The fraction of sp³-hybridized carbons (Fsp3) is 0.500. The van der Waals surface area contributed by atoms with E-state index in [2.05, 4.69) is 10.2 Å². The van der Waals surface area contributed by atoms with Gasteiger partial charge in [0.25, 0.3) is 0 Å². The molecule has 0 bridgehead atoms. The number of halogens is 1. The van der Waals surface area contributed by atoms with Crippen molar-refractivity contribution in [3.63, 3.8) is 0 Å². The van der Waals surface area contributed by atoms with Gasteiger partial charge in [-0.25, -0.2) is 12.8 Å². The van der Waals surface area contributed by atoms with Gasteiger partial charge >= 0.3 is 0 Å². The zero-order chi connectivity index (χ0) is 12.8. The molecule has 0 radical (unpaired) electrons. The molecule has 1 fully saturated rings. The molecule has 1 unspecified atom stereocenters. The minimum absolute atomic E-state index is 0.0290. The molecule has 0 saturated carbocycles. The van der Waals surface area contributed by atoms with Crippen LogP contribution in [-0.2, 0) is 9.84 Å². The van der Waals surface area contributed by atoms with Crippen LogP contribution < -0.4 is 10.2 Å². The SMILES string of the molecule is O=S1(=O)CCC(N2CCNc3cc(F)ccc32)C1. The van der Waals surface area contributed by atoms with Gasteiger partial charge in [-0.05, 0) is 24.6 Å². The Hall–Kier alpha value is -1.30. The number of rotatable bonds is 1. The number of anilines is 2. The molecule has 4 nitrogen and oxygen atoms in total. The van der Waals surface area contributed by atoms with E-state index in [0.717, 1.165) is 17.9 Å². The second-order valence-electron chi connectivity index (χ2n) is 4.84. The number of nitrogens with one attached hydrogen (secondary N) is 1. The number of hydrogen-bond donors (Lipinski definition) is 1. The van der Waals surface area contributed by atoms with E-state index in [-0.39, 0.29) is 23.4 Å². The first kappa shape index (κ1) is 11.8. The Balaban J connectivity index is 1.92. The Kier molecular flexibility index (Phi) is 2.69. The second kappa shape index (κ2) is 4.12. The topological polar surface area (TPSA) is 49.4 Å². The molecule has 1 aromatic rings. The first-order valence-corrected chi connectivity index (χ1v) is 7.88. The summed E-state index contributed by atoms with van der Waals surface area (Å²) in [6, 6.07) is 4.64. The van der Waals surface area contributed by atoms with E-state index < -0.39 is 9.84 Å². The normalized spacial score (nSPS) is 25.6. The Bertz CT molecular complexity index is 573. The van der Waals surface area contributed by atoms with E-state index in [9.17, 15) is 12.8 Å². The van der Waals surface area contributed by atoms with E-state index in [1.807, 2.05) is 0 Å². The largest absolute Gasteiger partial charge is 0.382 e. The highest BCUT2D eigenvalue weighted by molar-refractivity contribution is 7.91. The van der Waals surface area contributed by atoms with Crippen molar-refractivity contribution in [3.05, 3.63) is 24.0 Å². The van der Waals surface area contributed by atoms with Crippen LogP contribution in [0.1, 0.15) is 6.42 Å². The van der Waals surface area contributed by atoms with Gasteiger partial charge in [-0.3, -0.25) is 0 Å². The second-order valence-corrected chi connectivity index (χ2v) is 7.07. The van der Waals surface area contributed by atoms with Crippen LogP contribution >= 0.6 is 0 Å². The maximum absolute atomic E-state index is 13.2. The highest BCUT2D eigenvalue weighted by Gasteiger charge is 2.34. The summed E-state index contributed by atoms with van der Waals surface area (Å²) in [6.07, 6.45) is 0.666. The molecule has 2 aliphatic rings. The van der Waals surface area contributed by atoms with E-state index in [1.165, 1.54) is 12.1 Å². The lowest BCUT2D eigenvalue weighted by molar-refractivity contribution is 0.598. The quantitative estimate of drug-likeness (QED) is 0.834. The maximum Gasteiger partial charge on any atom is 0.152 e. The third-order valence-electron chi connectivity index (χ3n) is 3.59. The molecule has 1 saturated heterocycles. The summed E-state index contributed by atoms with van der Waals surface area (Å²) in [5, 5.41) is 3.15. The van der Waals surface area contributed by atoms with Gasteiger partial charge in [-0.1, -0.05) is 0 Å². The van der Waals surface area contributed by atoms with Crippen molar-refractivity contribution < 1.29 is 12.8 Å². The van der Waals surface area contributed by atoms with Crippen LogP contribution in [0.2, 0.25) is 0 Å². The molecule has 3 rings (SSSR count). The molecule has 0 aliphatic carbocycles. The van der Waals surface area contributed by atoms with Crippen molar-refractivity contribution in [3.8, 4) is 0 Å². The van der Waals surface area contributed by atoms with E-state index in [0.29, 0.717) is 13.0 Å². The van der Waals surface area contributed by atoms with Gasteiger partial charge in [-0.15, -0.1) is 0 Å². The number of fused-ring (bicyclic) bond motifs is 1. The summed E-state index contributed by atoms with van der Waals surface area (Å²) in [5.74, 6) is 0.198. The molecular weight excluding hydrogens is 255 g/mol. The van der Waals surface area contributed by atoms with Crippen LogP contribution in [0.15, 0.2) is 18.2 Å². The lowest BCUT2D eigenvalue weighted by Crippen LogP contribution is -2.42. The predicted octanol–water partition coefficient (Wildman–Crippen LogP) is 1.24. The summed E-state index contributed by atoms with van der Waals surface area (Å²) in [7, 11) is -2.89. The molecule has 6 heteroatoms. The Morgan fingerprint density at radius 1 is 1.39 bits per heavy atom. The average molecular weight is 270 g/mol. The summed E-state index contributed by atoms with van der Waals surface area (Å²) < 4.78 is 36.3. The molecular formula is C12H15FN2O2S. The van der Waals surface area contributed by atoms with Gasteiger partial charge in [0, 0.05) is 19.1 Å². The number of benzene rings is 1. The fourth-order valence-corrected chi connectivity index (χ4v) is 4.46. The van der Waals surface area contributed by atoms with Gasteiger partial charge in [-0.2, -0.15) is 0 Å². The van der Waals surface area contributed by atoms with Crippen molar-refractivity contribution >= 4 is 21.2 Å². The minimum Gasteiger partial charge on any atom is -0.382 e. The van der Waals surface area contributed by atoms with Gasteiger partial charge in [0.1, 0.15) is 5.82 Å². The molecule has 98 valence electrons. The first-order chi connectivity index (χ1) is 8.55. The number of nitrogens with zero attached hydrogens (tertiary/aromatic N) is 1. The molecule has 0 amide bonds. The zero-order valence-corrected chi connectivity index (χ0v) is 10.7. The highest BCUT2D eigenvalue weighted by Crippen LogP contribution is 2.33. The van der Waals surface area contributed by atoms with Gasteiger partial charge in [0.15, 0.2) is 9.84 Å². The van der Waals surface area contributed by atoms with E-state index in [4.69, 9.17) is 0 Å². The monoisotopic (exact) mass is 270 g/mol. The van der Waals surface area contributed by atoms with Crippen LogP contribution in [0.5, 0.6) is 0 Å². The first-order valence-electron chi connectivity index (χ1n) is 6.06. The van der Waals surface area contributed by atoms with Crippen molar-refractivity contribution in [1.29, 1.82) is 0 Å². The van der Waals surface area contributed by atoms with E-state index >= 15 is 0 Å². The summed E-state index contributed by atoms with van der Waals surface area (Å²) in [6.45, 7) is 1.48. The average Bonchev–Trinajstić information content (AvgIpc) is 2.68. The van der Waals surface area contributed by atoms with Crippen LogP contribution in [0.3, 0.4) is 0 Å². The van der Waals surface area contributed by atoms with Crippen LogP contribution in [0.4, 0.5) is 15.8 Å². The molecule has 1 atom stereocenters. The lowest BCUT2D eigenvalue weighted by atomic mass is 10.1. The van der Waals surface area contributed by atoms with Gasteiger partial charge < -0.3 is 10.2 Å². The minimum atomic E-state index is -2.89. The Labute approximate surface area is 106 Å². The van der Waals surface area contributed by atoms with Crippen molar-refractivity contribution in [1.82, 2.24) is 0 Å². The number of sulfone groups is 1. The standard InChI is InChI=1S/C12H15FN2O2S/c13-9-1-2-12-11(7-9)14-4-5-15(12)10-3-6-18(16,17)8-10/h1-2,7,10,14H,3-6,8H2. The molecule has 1 aromatic carbocycles. The smallest absolute Gasteiger partial charge is 0.152 e. The molecule has 0 spiro atoms. The summed E-state index contributed by atoms with van der Waals surface area (Å²) in [5.41, 5.74) is 1.66. The van der Waals surface area contributed by atoms with Crippen LogP contribution in [-0.4, -0.2) is 39.1 Å². The molecule has 1 N–H and O–H groups in total. The van der Waals surface area contributed by atoms with Gasteiger partial charge in [0.05, 0.1) is 22.9 Å². The summed E-state index contributed by atoms with van der Waals surface area (Å²) in [4.78, 5) is 2.09.